The van der Waals surface area contributed by atoms with Gasteiger partial charge >= 0.3 is 0 Å². The van der Waals surface area contributed by atoms with Crippen molar-refractivity contribution in [2.45, 2.75) is 26.4 Å². The number of methoxy groups -OCH3 is 1. The van der Waals surface area contributed by atoms with Gasteiger partial charge in [0.2, 0.25) is 0 Å². The first-order valence-corrected chi connectivity index (χ1v) is 4.91. The Morgan fingerprint density at radius 3 is 2.67 bits per heavy atom. The van der Waals surface area contributed by atoms with Crippen molar-refractivity contribution in [3.8, 4) is 0 Å². The van der Waals surface area contributed by atoms with Crippen LogP contribution in [0.4, 0.5) is 4.39 Å². The molecule has 0 bridgehead atoms. The molecule has 0 aliphatic carbocycles. The molecule has 0 aliphatic rings. The van der Waals surface area contributed by atoms with Gasteiger partial charge in [0.15, 0.2) is 5.78 Å². The number of ketones is 1. The summed E-state index contributed by atoms with van der Waals surface area (Å²) in [6.07, 6.45) is -0.163. The minimum atomic E-state index is -0.575. The van der Waals surface area contributed by atoms with Crippen LogP contribution in [0.2, 0.25) is 0 Å². The van der Waals surface area contributed by atoms with E-state index in [1.54, 1.807) is 26.0 Å². The Kier molecular flexibility index (Phi) is 3.97. The van der Waals surface area contributed by atoms with E-state index in [1.807, 2.05) is 0 Å². The van der Waals surface area contributed by atoms with Crippen LogP contribution in [0, 0.1) is 12.7 Å². The summed E-state index contributed by atoms with van der Waals surface area (Å²) in [5.41, 5.74) is 1.24. The van der Waals surface area contributed by atoms with Gasteiger partial charge in [-0.2, -0.15) is 0 Å². The highest BCUT2D eigenvalue weighted by Crippen LogP contribution is 2.21. The monoisotopic (exact) mass is 210 g/mol. The Morgan fingerprint density at radius 2 is 2.20 bits per heavy atom. The zero-order valence-corrected chi connectivity index (χ0v) is 9.21. The van der Waals surface area contributed by atoms with Gasteiger partial charge in [0.1, 0.15) is 11.9 Å². The zero-order valence-electron chi connectivity index (χ0n) is 9.21. The molecule has 0 radical (unpaired) electrons. The molecule has 0 aliphatic heterocycles. The number of halogens is 1. The molecular formula is C12H15FO2. The first-order chi connectivity index (χ1) is 7.10. The topological polar surface area (TPSA) is 26.3 Å². The SMILES string of the molecule is CCC(=O)C(OC)c1ccc(F)c(C)c1. The molecule has 1 aromatic rings. The minimum absolute atomic E-state index is 0.00325. The molecular weight excluding hydrogens is 195 g/mol. The predicted molar refractivity (Wildman–Crippen MR) is 56.2 cm³/mol. The first-order valence-electron chi connectivity index (χ1n) is 4.91. The average Bonchev–Trinajstić information content (AvgIpc) is 2.24. The third-order valence-corrected chi connectivity index (χ3v) is 2.36. The second-order valence-corrected chi connectivity index (χ2v) is 3.44. The second-order valence-electron chi connectivity index (χ2n) is 3.44. The number of benzene rings is 1. The summed E-state index contributed by atoms with van der Waals surface area (Å²) < 4.78 is 18.1. The highest BCUT2D eigenvalue weighted by atomic mass is 19.1. The lowest BCUT2D eigenvalue weighted by Crippen LogP contribution is -2.13. The maximum atomic E-state index is 13.0. The summed E-state index contributed by atoms with van der Waals surface area (Å²) in [6.45, 7) is 3.45. The summed E-state index contributed by atoms with van der Waals surface area (Å²) in [5, 5.41) is 0. The van der Waals surface area contributed by atoms with Crippen molar-refractivity contribution >= 4 is 5.78 Å². The van der Waals surface area contributed by atoms with Crippen LogP contribution in [0.3, 0.4) is 0 Å². The lowest BCUT2D eigenvalue weighted by atomic mass is 10.0. The van der Waals surface area contributed by atoms with Crippen LogP contribution in [-0.2, 0) is 9.53 Å². The summed E-state index contributed by atoms with van der Waals surface area (Å²) >= 11 is 0. The lowest BCUT2D eigenvalue weighted by molar-refractivity contribution is -0.128. The molecule has 1 unspecified atom stereocenters. The molecule has 0 saturated heterocycles. The van der Waals surface area contributed by atoms with Gasteiger partial charge in [0.05, 0.1) is 0 Å². The fourth-order valence-electron chi connectivity index (χ4n) is 1.47. The fraction of sp³-hybridized carbons (Fsp3) is 0.417. The Labute approximate surface area is 89.1 Å². The molecule has 1 aromatic carbocycles. The van der Waals surface area contributed by atoms with Crippen LogP contribution < -0.4 is 0 Å². The molecule has 3 heteroatoms. The van der Waals surface area contributed by atoms with E-state index in [0.29, 0.717) is 17.5 Å². The summed E-state index contributed by atoms with van der Waals surface area (Å²) in [6, 6.07) is 4.60. The standard InChI is InChI=1S/C12H15FO2/c1-4-11(14)12(15-3)9-5-6-10(13)8(2)7-9/h5-7,12H,4H2,1-3H3. The molecule has 0 spiro atoms. The number of hydrogen-bond acceptors (Lipinski definition) is 2. The van der Waals surface area contributed by atoms with Gasteiger partial charge in [-0.1, -0.05) is 19.1 Å². The third kappa shape index (κ3) is 2.63. The van der Waals surface area contributed by atoms with E-state index in [1.165, 1.54) is 13.2 Å². The van der Waals surface area contributed by atoms with Crippen molar-refractivity contribution in [2.24, 2.45) is 0 Å². The van der Waals surface area contributed by atoms with Gasteiger partial charge in [-0.3, -0.25) is 4.79 Å². The number of carbonyl (C=O) groups is 1. The van der Waals surface area contributed by atoms with Gasteiger partial charge in [-0.15, -0.1) is 0 Å². The van der Waals surface area contributed by atoms with Crippen LogP contribution in [0.5, 0.6) is 0 Å². The summed E-state index contributed by atoms with van der Waals surface area (Å²) in [7, 11) is 1.48. The number of hydrogen-bond donors (Lipinski definition) is 0. The molecule has 1 atom stereocenters. The van der Waals surface area contributed by atoms with E-state index in [-0.39, 0.29) is 11.6 Å². The van der Waals surface area contributed by atoms with Crippen LogP contribution in [-0.4, -0.2) is 12.9 Å². The Morgan fingerprint density at radius 1 is 1.53 bits per heavy atom. The Hall–Kier alpha value is -1.22. The number of Topliss-reactive ketones (excluding diaryl/α,β-unsaturated/α-hetero) is 1. The fourth-order valence-corrected chi connectivity index (χ4v) is 1.47. The molecule has 0 saturated carbocycles. The minimum Gasteiger partial charge on any atom is -0.369 e. The van der Waals surface area contributed by atoms with E-state index in [9.17, 15) is 9.18 Å². The Balaban J connectivity index is 3.02. The number of aryl methyl sites for hydroxylation is 1. The van der Waals surface area contributed by atoms with Gasteiger partial charge < -0.3 is 4.74 Å². The molecule has 1 rings (SSSR count). The van der Waals surface area contributed by atoms with Crippen LogP contribution in [0.1, 0.15) is 30.6 Å². The molecule has 0 N–H and O–H groups in total. The second kappa shape index (κ2) is 5.03. The van der Waals surface area contributed by atoms with Gasteiger partial charge in [0, 0.05) is 13.5 Å². The maximum absolute atomic E-state index is 13.0. The quantitative estimate of drug-likeness (QED) is 0.763. The van der Waals surface area contributed by atoms with Crippen molar-refractivity contribution in [3.63, 3.8) is 0 Å². The predicted octanol–water partition coefficient (Wildman–Crippen LogP) is 2.80. The summed E-state index contributed by atoms with van der Waals surface area (Å²) in [4.78, 5) is 11.5. The van der Waals surface area contributed by atoms with Crippen molar-refractivity contribution in [3.05, 3.63) is 35.1 Å². The molecule has 0 aromatic heterocycles. The van der Waals surface area contributed by atoms with Gasteiger partial charge in [-0.25, -0.2) is 4.39 Å². The normalized spacial score (nSPS) is 12.5. The average molecular weight is 210 g/mol. The zero-order chi connectivity index (χ0) is 11.4. The van der Waals surface area contributed by atoms with E-state index >= 15 is 0 Å². The van der Waals surface area contributed by atoms with E-state index in [0.717, 1.165) is 0 Å². The molecule has 2 nitrogen and oxygen atoms in total. The molecule has 15 heavy (non-hydrogen) atoms. The van der Waals surface area contributed by atoms with Crippen molar-refractivity contribution in [1.82, 2.24) is 0 Å². The highest BCUT2D eigenvalue weighted by molar-refractivity contribution is 5.84. The summed E-state index contributed by atoms with van der Waals surface area (Å²) in [5.74, 6) is -0.263. The van der Waals surface area contributed by atoms with Crippen LogP contribution >= 0.6 is 0 Å². The largest absolute Gasteiger partial charge is 0.369 e. The van der Waals surface area contributed by atoms with Gasteiger partial charge in [-0.05, 0) is 24.1 Å². The maximum Gasteiger partial charge on any atom is 0.165 e. The lowest BCUT2D eigenvalue weighted by Gasteiger charge is -2.14. The van der Waals surface area contributed by atoms with E-state index < -0.39 is 6.10 Å². The van der Waals surface area contributed by atoms with Crippen LogP contribution in [0.25, 0.3) is 0 Å². The van der Waals surface area contributed by atoms with Gasteiger partial charge in [0.25, 0.3) is 0 Å². The van der Waals surface area contributed by atoms with Crippen LogP contribution in [0.15, 0.2) is 18.2 Å². The first kappa shape index (κ1) is 11.9. The number of rotatable bonds is 4. The number of carbonyl (C=O) groups excluding carboxylic acids is 1. The molecule has 0 amide bonds. The Bertz CT molecular complexity index is 361. The molecule has 0 heterocycles. The van der Waals surface area contributed by atoms with E-state index in [4.69, 9.17) is 4.74 Å². The van der Waals surface area contributed by atoms with Crippen molar-refractivity contribution in [1.29, 1.82) is 0 Å². The van der Waals surface area contributed by atoms with Crippen molar-refractivity contribution < 1.29 is 13.9 Å². The smallest absolute Gasteiger partial charge is 0.165 e. The third-order valence-electron chi connectivity index (χ3n) is 2.36. The van der Waals surface area contributed by atoms with Crippen molar-refractivity contribution in [2.75, 3.05) is 7.11 Å². The molecule has 0 fully saturated rings. The number of ether oxygens (including phenoxy) is 1. The molecule has 82 valence electrons. The van der Waals surface area contributed by atoms with E-state index in [2.05, 4.69) is 0 Å². The highest BCUT2D eigenvalue weighted by Gasteiger charge is 2.18.